The molecule has 0 saturated heterocycles. The van der Waals surface area contributed by atoms with Crippen LogP contribution < -0.4 is 4.74 Å². The van der Waals surface area contributed by atoms with Crippen molar-refractivity contribution in [2.24, 2.45) is 0 Å². The van der Waals surface area contributed by atoms with Gasteiger partial charge in [0.1, 0.15) is 5.75 Å². The topological polar surface area (TPSA) is 54.0 Å². The molecule has 26 heavy (non-hydrogen) atoms. The van der Waals surface area contributed by atoms with Gasteiger partial charge in [0.2, 0.25) is 11.5 Å². The molecule has 2 aromatic carbocycles. The first-order chi connectivity index (χ1) is 12.6. The molecule has 0 saturated carbocycles. The summed E-state index contributed by atoms with van der Waals surface area (Å²) in [5.74, 6) is -0.795. The molecular formula is C21H22O5. The van der Waals surface area contributed by atoms with Crippen LogP contribution in [0.1, 0.15) is 23.5 Å². The second-order valence-electron chi connectivity index (χ2n) is 6.03. The van der Waals surface area contributed by atoms with Crippen LogP contribution in [-0.4, -0.2) is 27.3 Å². The third-order valence-corrected chi connectivity index (χ3v) is 4.59. The number of benzene rings is 2. The largest absolute Gasteiger partial charge is 0.497 e. The maximum atomic E-state index is 12.2. The average molecular weight is 354 g/mol. The third-order valence-electron chi connectivity index (χ3n) is 4.59. The Kier molecular flexibility index (Phi) is 5.28. The van der Waals surface area contributed by atoms with Gasteiger partial charge in [-0.3, -0.25) is 0 Å². The van der Waals surface area contributed by atoms with Crippen LogP contribution in [0.5, 0.6) is 5.75 Å². The predicted octanol–water partition coefficient (Wildman–Crippen LogP) is 3.76. The summed E-state index contributed by atoms with van der Waals surface area (Å²) in [6.07, 6.45) is 2.32. The number of hydrogen-bond acceptors (Lipinski definition) is 5. The fraction of sp³-hybridized carbons (Fsp3) is 0.286. The van der Waals surface area contributed by atoms with Crippen LogP contribution in [-0.2, 0) is 24.8 Å². The lowest BCUT2D eigenvalue weighted by atomic mass is 9.85. The number of allylic oxidation sites excluding steroid dienone is 1. The lowest BCUT2D eigenvalue weighted by Gasteiger charge is -2.39. The maximum absolute atomic E-state index is 12.2. The number of carbonyl (C=O) groups is 1. The van der Waals surface area contributed by atoms with Gasteiger partial charge >= 0.3 is 5.97 Å². The molecule has 1 aliphatic heterocycles. The molecule has 2 aromatic rings. The molecule has 0 unspecified atom stereocenters. The van der Waals surface area contributed by atoms with E-state index in [1.54, 1.807) is 20.3 Å². The van der Waals surface area contributed by atoms with E-state index in [0.717, 1.165) is 16.9 Å². The first-order valence-corrected chi connectivity index (χ1v) is 8.35. The molecule has 1 aliphatic rings. The van der Waals surface area contributed by atoms with Crippen LogP contribution in [0, 0.1) is 0 Å². The van der Waals surface area contributed by atoms with E-state index < -0.39 is 11.8 Å². The zero-order valence-electron chi connectivity index (χ0n) is 15.1. The third kappa shape index (κ3) is 3.44. The van der Waals surface area contributed by atoms with Gasteiger partial charge < -0.3 is 18.9 Å². The first-order valence-electron chi connectivity index (χ1n) is 8.35. The SMILES string of the molecule is COC(=O)C1=C[C@@H](c2ccccc2)C[C@@](OC)(c2ccc(OC)cc2)O1. The average Bonchev–Trinajstić information content (AvgIpc) is 2.73. The number of hydrogen-bond donors (Lipinski definition) is 0. The summed E-state index contributed by atoms with van der Waals surface area (Å²) in [5.41, 5.74) is 1.88. The van der Waals surface area contributed by atoms with Crippen LogP contribution in [0.25, 0.3) is 0 Å². The number of ether oxygens (including phenoxy) is 4. The van der Waals surface area contributed by atoms with Gasteiger partial charge in [0, 0.05) is 25.0 Å². The van der Waals surface area contributed by atoms with Crippen molar-refractivity contribution in [3.63, 3.8) is 0 Å². The second-order valence-corrected chi connectivity index (χ2v) is 6.03. The van der Waals surface area contributed by atoms with E-state index in [0.29, 0.717) is 6.42 Å². The molecule has 5 heteroatoms. The quantitative estimate of drug-likeness (QED) is 0.766. The van der Waals surface area contributed by atoms with Crippen LogP contribution in [0.3, 0.4) is 0 Å². The van der Waals surface area contributed by atoms with Crippen molar-refractivity contribution in [1.29, 1.82) is 0 Å². The summed E-state index contributed by atoms with van der Waals surface area (Å²) in [4.78, 5) is 12.2. The highest BCUT2D eigenvalue weighted by Gasteiger charge is 2.43. The summed E-state index contributed by atoms with van der Waals surface area (Å²) < 4.78 is 21.9. The molecule has 136 valence electrons. The maximum Gasteiger partial charge on any atom is 0.373 e. The van der Waals surface area contributed by atoms with Crippen LogP contribution in [0.2, 0.25) is 0 Å². The molecule has 0 fully saturated rings. The van der Waals surface area contributed by atoms with E-state index in [1.807, 2.05) is 54.6 Å². The molecule has 5 nitrogen and oxygen atoms in total. The van der Waals surface area contributed by atoms with Crippen molar-refractivity contribution in [2.75, 3.05) is 21.3 Å². The van der Waals surface area contributed by atoms with Gasteiger partial charge in [0.05, 0.1) is 14.2 Å². The second kappa shape index (κ2) is 7.62. The Morgan fingerprint density at radius 2 is 1.73 bits per heavy atom. The van der Waals surface area contributed by atoms with E-state index in [9.17, 15) is 4.79 Å². The Labute approximate surface area is 153 Å². The van der Waals surface area contributed by atoms with Crippen LogP contribution in [0.15, 0.2) is 66.4 Å². The summed E-state index contributed by atoms with van der Waals surface area (Å²) in [6, 6.07) is 17.4. The Bertz CT molecular complexity index is 782. The van der Waals surface area contributed by atoms with Gasteiger partial charge in [0.15, 0.2) is 0 Å². The molecule has 0 bridgehead atoms. The first kappa shape index (κ1) is 18.0. The van der Waals surface area contributed by atoms with Crippen LogP contribution >= 0.6 is 0 Å². The minimum Gasteiger partial charge on any atom is -0.497 e. The van der Waals surface area contributed by atoms with E-state index in [-0.39, 0.29) is 11.7 Å². The number of esters is 1. The van der Waals surface area contributed by atoms with E-state index in [4.69, 9.17) is 18.9 Å². The van der Waals surface area contributed by atoms with Gasteiger partial charge in [-0.25, -0.2) is 4.79 Å². The number of rotatable bonds is 5. The number of methoxy groups -OCH3 is 3. The Morgan fingerprint density at radius 3 is 2.31 bits per heavy atom. The highest BCUT2D eigenvalue weighted by atomic mass is 16.7. The van der Waals surface area contributed by atoms with Gasteiger partial charge in [0.25, 0.3) is 0 Å². The molecule has 0 spiro atoms. The molecule has 0 N–H and O–H groups in total. The molecule has 2 atom stereocenters. The highest BCUT2D eigenvalue weighted by molar-refractivity contribution is 5.86. The van der Waals surface area contributed by atoms with E-state index >= 15 is 0 Å². The van der Waals surface area contributed by atoms with Crippen molar-refractivity contribution in [2.45, 2.75) is 18.1 Å². The Hall–Kier alpha value is -2.79. The normalized spacial score (nSPS) is 22.1. The fourth-order valence-electron chi connectivity index (χ4n) is 3.17. The summed E-state index contributed by atoms with van der Waals surface area (Å²) >= 11 is 0. The molecule has 1 heterocycles. The summed E-state index contributed by atoms with van der Waals surface area (Å²) in [6.45, 7) is 0. The lowest BCUT2D eigenvalue weighted by molar-refractivity contribution is -0.225. The van der Waals surface area contributed by atoms with Crippen LogP contribution in [0.4, 0.5) is 0 Å². The minimum atomic E-state index is -1.09. The predicted molar refractivity (Wildman–Crippen MR) is 96.7 cm³/mol. The Balaban J connectivity index is 2.04. The van der Waals surface area contributed by atoms with Crippen molar-refractivity contribution < 1.29 is 23.7 Å². The fourth-order valence-corrected chi connectivity index (χ4v) is 3.17. The van der Waals surface area contributed by atoms with E-state index in [2.05, 4.69) is 0 Å². The van der Waals surface area contributed by atoms with Crippen molar-refractivity contribution in [3.05, 3.63) is 77.6 Å². The van der Waals surface area contributed by atoms with Crippen molar-refractivity contribution in [1.82, 2.24) is 0 Å². The molecule has 3 rings (SSSR count). The molecule has 0 radical (unpaired) electrons. The molecular weight excluding hydrogens is 332 g/mol. The minimum absolute atomic E-state index is 0.0545. The standard InChI is InChI=1S/C21H22O5/c1-23-18-11-9-17(10-12-18)21(25-3)14-16(15-7-5-4-6-8-15)13-19(26-21)20(22)24-2/h4-13,16H,14H2,1-3H3/t16-,21+/m1/s1. The number of carbonyl (C=O) groups excluding carboxylic acids is 1. The summed E-state index contributed by atoms with van der Waals surface area (Å²) in [5, 5.41) is 0. The molecule has 0 amide bonds. The highest BCUT2D eigenvalue weighted by Crippen LogP contribution is 2.44. The molecule has 0 aliphatic carbocycles. The van der Waals surface area contributed by atoms with Gasteiger partial charge in [-0.05, 0) is 35.9 Å². The van der Waals surface area contributed by atoms with Gasteiger partial charge in [-0.1, -0.05) is 30.3 Å². The zero-order valence-corrected chi connectivity index (χ0v) is 15.1. The lowest BCUT2D eigenvalue weighted by Crippen LogP contribution is -2.38. The van der Waals surface area contributed by atoms with Crippen molar-refractivity contribution in [3.8, 4) is 5.75 Å². The Morgan fingerprint density at radius 1 is 1.04 bits per heavy atom. The van der Waals surface area contributed by atoms with Gasteiger partial charge in [-0.2, -0.15) is 0 Å². The zero-order chi connectivity index (χ0) is 18.6. The van der Waals surface area contributed by atoms with Crippen molar-refractivity contribution >= 4 is 5.97 Å². The van der Waals surface area contributed by atoms with Gasteiger partial charge in [-0.15, -0.1) is 0 Å². The smallest absolute Gasteiger partial charge is 0.373 e. The molecule has 0 aromatic heterocycles. The van der Waals surface area contributed by atoms with E-state index in [1.165, 1.54) is 7.11 Å². The monoisotopic (exact) mass is 354 g/mol. The summed E-state index contributed by atoms with van der Waals surface area (Å²) in [7, 11) is 4.52.